The predicted molar refractivity (Wildman–Crippen MR) is 63.0 cm³/mol. The lowest BCUT2D eigenvalue weighted by molar-refractivity contribution is 0.966. The Labute approximate surface area is 91.9 Å². The molecule has 0 fully saturated rings. The molecule has 5 heteroatoms. The molecule has 0 atom stereocenters. The molecule has 0 radical (unpaired) electrons. The fourth-order valence-electron chi connectivity index (χ4n) is 1.87. The number of hydrogen-bond donors (Lipinski definition) is 1. The second-order valence-corrected chi connectivity index (χ2v) is 3.84. The highest BCUT2D eigenvalue weighted by Crippen LogP contribution is 2.23. The monoisotopic (exact) mass is 213 g/mol. The number of nitrogen functional groups attached to an aromatic ring is 1. The van der Waals surface area contributed by atoms with Gasteiger partial charge in [-0.25, -0.2) is 9.97 Å². The zero-order valence-electron chi connectivity index (χ0n) is 9.10. The maximum Gasteiger partial charge on any atom is 0.200 e. The van der Waals surface area contributed by atoms with E-state index < -0.39 is 0 Å². The standard InChI is InChI=1S/C11H11N5/c1-6-5-13-7-3-4-8-10(9(7)14-6)16(2)11(12)15-8/h3-5H,1-2H3,(H2,12,15). The summed E-state index contributed by atoms with van der Waals surface area (Å²) in [4.78, 5) is 13.1. The van der Waals surface area contributed by atoms with Gasteiger partial charge in [-0.05, 0) is 19.1 Å². The Balaban J connectivity index is 2.60. The number of hydrogen-bond acceptors (Lipinski definition) is 4. The van der Waals surface area contributed by atoms with Gasteiger partial charge in [0.25, 0.3) is 0 Å². The minimum atomic E-state index is 0.491. The molecule has 0 amide bonds. The van der Waals surface area contributed by atoms with Gasteiger partial charge in [-0.2, -0.15) is 0 Å². The first-order valence-corrected chi connectivity index (χ1v) is 5.01. The van der Waals surface area contributed by atoms with Crippen molar-refractivity contribution in [2.45, 2.75) is 6.92 Å². The molecule has 0 unspecified atom stereocenters. The van der Waals surface area contributed by atoms with Crippen molar-refractivity contribution >= 4 is 28.0 Å². The van der Waals surface area contributed by atoms with Crippen molar-refractivity contribution in [2.75, 3.05) is 5.73 Å². The second kappa shape index (κ2) is 2.91. The molecule has 2 heterocycles. The summed E-state index contributed by atoms with van der Waals surface area (Å²) in [5, 5.41) is 0. The van der Waals surface area contributed by atoms with Crippen molar-refractivity contribution in [3.05, 3.63) is 24.0 Å². The number of rotatable bonds is 0. The normalized spacial score (nSPS) is 11.4. The van der Waals surface area contributed by atoms with Crippen molar-refractivity contribution in [3.63, 3.8) is 0 Å². The summed E-state index contributed by atoms with van der Waals surface area (Å²) in [5.74, 6) is 0.491. The van der Waals surface area contributed by atoms with Crippen LogP contribution in [0.3, 0.4) is 0 Å². The highest BCUT2D eigenvalue weighted by Gasteiger charge is 2.10. The topological polar surface area (TPSA) is 69.6 Å². The highest BCUT2D eigenvalue weighted by atomic mass is 15.1. The number of imidazole rings is 1. The molecule has 5 nitrogen and oxygen atoms in total. The number of nitrogens with zero attached hydrogens (tertiary/aromatic N) is 4. The first kappa shape index (κ1) is 9.08. The zero-order chi connectivity index (χ0) is 11.3. The molecular weight excluding hydrogens is 202 g/mol. The summed E-state index contributed by atoms with van der Waals surface area (Å²) in [5.41, 5.74) is 10.2. The summed E-state index contributed by atoms with van der Waals surface area (Å²) < 4.78 is 1.84. The third kappa shape index (κ3) is 1.08. The first-order chi connectivity index (χ1) is 7.66. The van der Waals surface area contributed by atoms with E-state index in [2.05, 4.69) is 15.0 Å². The van der Waals surface area contributed by atoms with Gasteiger partial charge in [-0.15, -0.1) is 0 Å². The van der Waals surface area contributed by atoms with Gasteiger partial charge in [0.1, 0.15) is 5.52 Å². The molecule has 0 aliphatic carbocycles. The Hall–Kier alpha value is -2.17. The Morgan fingerprint density at radius 3 is 2.75 bits per heavy atom. The quantitative estimate of drug-likeness (QED) is 0.613. The van der Waals surface area contributed by atoms with Gasteiger partial charge in [0, 0.05) is 13.2 Å². The second-order valence-electron chi connectivity index (χ2n) is 3.84. The van der Waals surface area contributed by atoms with Crippen LogP contribution in [0, 0.1) is 6.92 Å². The maximum absolute atomic E-state index is 5.79. The summed E-state index contributed by atoms with van der Waals surface area (Å²) in [6.45, 7) is 1.92. The SMILES string of the molecule is Cc1cnc2ccc3nc(N)n(C)c3c2n1. The zero-order valence-corrected chi connectivity index (χ0v) is 9.10. The van der Waals surface area contributed by atoms with E-state index in [1.165, 1.54) is 0 Å². The Kier molecular flexibility index (Phi) is 1.65. The van der Waals surface area contributed by atoms with E-state index in [-0.39, 0.29) is 0 Å². The van der Waals surface area contributed by atoms with E-state index in [9.17, 15) is 0 Å². The number of aryl methyl sites for hydroxylation is 2. The summed E-state index contributed by atoms with van der Waals surface area (Å²) in [7, 11) is 1.88. The lowest BCUT2D eigenvalue weighted by Gasteiger charge is -2.01. The molecule has 3 aromatic rings. The van der Waals surface area contributed by atoms with Gasteiger partial charge in [-0.1, -0.05) is 0 Å². The number of benzene rings is 1. The average Bonchev–Trinajstić information content (AvgIpc) is 2.55. The molecule has 80 valence electrons. The van der Waals surface area contributed by atoms with Crippen LogP contribution in [0.4, 0.5) is 5.95 Å². The molecule has 0 saturated carbocycles. The predicted octanol–water partition coefficient (Wildman–Crippen LogP) is 1.41. The van der Waals surface area contributed by atoms with E-state index in [0.717, 1.165) is 27.8 Å². The van der Waals surface area contributed by atoms with Crippen molar-refractivity contribution in [2.24, 2.45) is 7.05 Å². The van der Waals surface area contributed by atoms with Crippen molar-refractivity contribution in [1.29, 1.82) is 0 Å². The number of fused-ring (bicyclic) bond motifs is 3. The number of nitrogens with two attached hydrogens (primary N) is 1. The molecular formula is C11H11N5. The Morgan fingerprint density at radius 1 is 1.19 bits per heavy atom. The van der Waals surface area contributed by atoms with Crippen LogP contribution in [0.1, 0.15) is 5.69 Å². The summed E-state index contributed by atoms with van der Waals surface area (Å²) in [6.07, 6.45) is 1.76. The molecule has 1 aromatic carbocycles. The molecule has 0 spiro atoms. The Bertz CT molecular complexity index is 698. The van der Waals surface area contributed by atoms with Crippen LogP contribution in [-0.4, -0.2) is 19.5 Å². The van der Waals surface area contributed by atoms with Gasteiger partial charge in [0.05, 0.1) is 22.2 Å². The molecule has 3 rings (SSSR count). The summed E-state index contributed by atoms with van der Waals surface area (Å²) in [6, 6.07) is 3.83. The highest BCUT2D eigenvalue weighted by molar-refractivity contribution is 6.01. The molecule has 16 heavy (non-hydrogen) atoms. The van der Waals surface area contributed by atoms with Gasteiger partial charge in [0.15, 0.2) is 0 Å². The van der Waals surface area contributed by atoms with Crippen LogP contribution < -0.4 is 5.73 Å². The van der Waals surface area contributed by atoms with Crippen molar-refractivity contribution in [1.82, 2.24) is 19.5 Å². The van der Waals surface area contributed by atoms with E-state index >= 15 is 0 Å². The third-order valence-electron chi connectivity index (χ3n) is 2.70. The average molecular weight is 213 g/mol. The fraction of sp³-hybridized carbons (Fsp3) is 0.182. The molecule has 2 aromatic heterocycles. The van der Waals surface area contributed by atoms with Crippen LogP contribution in [0.25, 0.3) is 22.1 Å². The smallest absolute Gasteiger partial charge is 0.200 e. The summed E-state index contributed by atoms with van der Waals surface area (Å²) >= 11 is 0. The third-order valence-corrected chi connectivity index (χ3v) is 2.70. The molecule has 0 aliphatic heterocycles. The van der Waals surface area contributed by atoms with E-state index in [0.29, 0.717) is 5.95 Å². The molecule has 2 N–H and O–H groups in total. The van der Waals surface area contributed by atoms with Crippen LogP contribution in [0.15, 0.2) is 18.3 Å². The lowest BCUT2D eigenvalue weighted by Crippen LogP contribution is -1.97. The Morgan fingerprint density at radius 2 is 1.94 bits per heavy atom. The first-order valence-electron chi connectivity index (χ1n) is 5.01. The van der Waals surface area contributed by atoms with E-state index in [1.54, 1.807) is 6.20 Å². The van der Waals surface area contributed by atoms with Crippen molar-refractivity contribution < 1.29 is 0 Å². The minimum absolute atomic E-state index is 0.491. The van der Waals surface area contributed by atoms with Gasteiger partial charge in [-0.3, -0.25) is 4.98 Å². The molecule has 0 saturated heterocycles. The van der Waals surface area contributed by atoms with Gasteiger partial charge >= 0.3 is 0 Å². The van der Waals surface area contributed by atoms with Crippen LogP contribution >= 0.6 is 0 Å². The maximum atomic E-state index is 5.79. The molecule has 0 bridgehead atoms. The lowest BCUT2D eigenvalue weighted by atomic mass is 10.2. The number of anilines is 1. The number of aromatic nitrogens is 4. The van der Waals surface area contributed by atoms with E-state index in [4.69, 9.17) is 5.73 Å². The van der Waals surface area contributed by atoms with Crippen LogP contribution in [0.5, 0.6) is 0 Å². The van der Waals surface area contributed by atoms with Gasteiger partial charge < -0.3 is 10.3 Å². The largest absolute Gasteiger partial charge is 0.369 e. The minimum Gasteiger partial charge on any atom is -0.369 e. The van der Waals surface area contributed by atoms with Crippen LogP contribution in [-0.2, 0) is 7.05 Å². The fourth-order valence-corrected chi connectivity index (χ4v) is 1.87. The van der Waals surface area contributed by atoms with E-state index in [1.807, 2.05) is 30.7 Å². The van der Waals surface area contributed by atoms with Crippen molar-refractivity contribution in [3.8, 4) is 0 Å². The van der Waals surface area contributed by atoms with Crippen LogP contribution in [0.2, 0.25) is 0 Å². The van der Waals surface area contributed by atoms with Gasteiger partial charge in [0.2, 0.25) is 5.95 Å². The molecule has 0 aliphatic rings.